The molecule has 0 saturated carbocycles. The summed E-state index contributed by atoms with van der Waals surface area (Å²) in [4.78, 5) is 0. The van der Waals surface area contributed by atoms with Gasteiger partial charge in [0.25, 0.3) is 0 Å². The van der Waals surface area contributed by atoms with Gasteiger partial charge in [0.1, 0.15) is 0 Å². The Kier molecular flexibility index (Phi) is 7.96. The van der Waals surface area contributed by atoms with Crippen LogP contribution < -0.4 is 17.4 Å². The first-order chi connectivity index (χ1) is 17.1. The normalized spacial score (nSPS) is 19.3. The monoisotopic (exact) mass is 586 g/mol. The Morgan fingerprint density at radius 2 is 0.743 bits per heavy atom. The van der Waals surface area contributed by atoms with Gasteiger partial charge in [-0.3, -0.25) is 0 Å². The van der Waals surface area contributed by atoms with E-state index in [-0.39, 0.29) is 12.2 Å². The van der Waals surface area contributed by atoms with Gasteiger partial charge in [-0.1, -0.05) is 0 Å². The summed E-state index contributed by atoms with van der Waals surface area (Å²) in [6.07, 6.45) is 0.185. The van der Waals surface area contributed by atoms with Crippen LogP contribution >= 0.6 is 0 Å². The van der Waals surface area contributed by atoms with E-state index < -0.39 is 35.1 Å². The maximum absolute atomic E-state index is 6.65. The first kappa shape index (κ1) is 24.6. The molecule has 4 aromatic carbocycles. The zero-order chi connectivity index (χ0) is 24.1. The number of benzene rings is 4. The molecule has 1 aliphatic heterocycles. The summed E-state index contributed by atoms with van der Waals surface area (Å²) in [6, 6.07) is 44.2. The molecule has 1 fully saturated rings. The van der Waals surface area contributed by atoms with E-state index in [1.54, 1.807) is 0 Å². The van der Waals surface area contributed by atoms with Crippen LogP contribution in [0.3, 0.4) is 0 Å². The standard InChI is InChI=1S/C31H32As2O2/c1-31(2)34-29(23-32(25-15-7-3-8-16-25)26-17-9-4-10-18-26)30(35-31)24-33(27-19-11-5-12-20-27)28-21-13-6-14-22-28/h3-22,29-30H,23-24H2,1-2H3. The zero-order valence-electron chi connectivity index (χ0n) is 20.3. The summed E-state index contributed by atoms with van der Waals surface area (Å²) < 4.78 is 19.2. The summed E-state index contributed by atoms with van der Waals surface area (Å²) in [5, 5.41) is 2.09. The van der Waals surface area contributed by atoms with Gasteiger partial charge in [0.05, 0.1) is 0 Å². The molecule has 0 amide bonds. The molecule has 0 N–H and O–H groups in total. The Bertz CT molecular complexity index is 1010. The van der Waals surface area contributed by atoms with Crippen LogP contribution in [-0.2, 0) is 9.47 Å². The fraction of sp³-hybridized carbons (Fsp3) is 0.226. The summed E-state index contributed by atoms with van der Waals surface area (Å²) in [7, 11) is 0. The second-order valence-electron chi connectivity index (χ2n) is 9.28. The van der Waals surface area contributed by atoms with E-state index in [0.29, 0.717) is 0 Å². The van der Waals surface area contributed by atoms with Crippen molar-refractivity contribution in [2.45, 2.75) is 42.3 Å². The van der Waals surface area contributed by atoms with Crippen molar-refractivity contribution in [3.05, 3.63) is 121 Å². The summed E-state index contributed by atoms with van der Waals surface area (Å²) in [5.74, 6) is -0.559. The molecular weight excluding hydrogens is 554 g/mol. The van der Waals surface area contributed by atoms with Gasteiger partial charge in [-0.05, 0) is 0 Å². The second-order valence-corrected chi connectivity index (χ2v) is 18.7. The molecule has 2 unspecified atom stereocenters. The van der Waals surface area contributed by atoms with Crippen LogP contribution in [0.4, 0.5) is 0 Å². The van der Waals surface area contributed by atoms with Crippen molar-refractivity contribution in [1.82, 2.24) is 0 Å². The van der Waals surface area contributed by atoms with Gasteiger partial charge in [-0.25, -0.2) is 0 Å². The number of rotatable bonds is 8. The predicted molar refractivity (Wildman–Crippen MR) is 149 cm³/mol. The van der Waals surface area contributed by atoms with Crippen molar-refractivity contribution in [2.75, 3.05) is 0 Å². The third-order valence-electron chi connectivity index (χ3n) is 6.28. The van der Waals surface area contributed by atoms with Crippen molar-refractivity contribution in [2.24, 2.45) is 0 Å². The van der Waals surface area contributed by atoms with Crippen LogP contribution in [-0.4, -0.2) is 47.3 Å². The average molecular weight is 586 g/mol. The molecule has 0 aliphatic carbocycles. The number of hydrogen-bond donors (Lipinski definition) is 0. The molecule has 0 bridgehead atoms. The molecule has 178 valence electrons. The fourth-order valence-corrected chi connectivity index (χ4v) is 15.0. The predicted octanol–water partition coefficient (Wildman–Crippen LogP) is 4.12. The molecule has 4 aromatic rings. The van der Waals surface area contributed by atoms with Gasteiger partial charge in [-0.15, -0.1) is 0 Å². The van der Waals surface area contributed by atoms with Gasteiger partial charge in [0.15, 0.2) is 0 Å². The van der Waals surface area contributed by atoms with Gasteiger partial charge in [0.2, 0.25) is 0 Å². The molecule has 1 saturated heterocycles. The molecule has 0 aromatic heterocycles. The summed E-state index contributed by atoms with van der Waals surface area (Å²) in [6.45, 7) is 4.15. The second kappa shape index (κ2) is 11.3. The van der Waals surface area contributed by atoms with Gasteiger partial charge >= 0.3 is 220 Å². The Hall–Kier alpha value is -2.08. The minimum absolute atomic E-state index is 0.0923. The first-order valence-corrected chi connectivity index (χ1v) is 18.6. The Morgan fingerprint density at radius 3 is 1.00 bits per heavy atom. The van der Waals surface area contributed by atoms with Crippen LogP contribution in [0.1, 0.15) is 13.8 Å². The quantitative estimate of drug-likeness (QED) is 0.290. The molecule has 0 spiro atoms. The van der Waals surface area contributed by atoms with Crippen LogP contribution in [0, 0.1) is 0 Å². The van der Waals surface area contributed by atoms with Crippen molar-refractivity contribution >= 4 is 46.7 Å². The average Bonchev–Trinajstić information content (AvgIpc) is 3.20. The van der Waals surface area contributed by atoms with Crippen LogP contribution in [0.2, 0.25) is 10.4 Å². The van der Waals surface area contributed by atoms with Gasteiger partial charge in [0, 0.05) is 0 Å². The number of ether oxygens (including phenoxy) is 2. The molecule has 2 atom stereocenters. The molecule has 0 radical (unpaired) electrons. The molecule has 1 aliphatic rings. The van der Waals surface area contributed by atoms with Gasteiger partial charge in [-0.2, -0.15) is 0 Å². The summed E-state index contributed by atoms with van der Waals surface area (Å²) >= 11 is -3.14. The van der Waals surface area contributed by atoms with Crippen molar-refractivity contribution in [3.63, 3.8) is 0 Å². The molecular formula is C31H32As2O2. The molecule has 2 nitrogen and oxygen atoms in total. The Labute approximate surface area is 218 Å². The van der Waals surface area contributed by atoms with Crippen molar-refractivity contribution in [3.8, 4) is 0 Å². The van der Waals surface area contributed by atoms with Crippen LogP contribution in [0.5, 0.6) is 0 Å². The zero-order valence-corrected chi connectivity index (χ0v) is 24.1. The van der Waals surface area contributed by atoms with Crippen molar-refractivity contribution in [1.29, 1.82) is 0 Å². The Balaban J connectivity index is 1.46. The third-order valence-corrected chi connectivity index (χ3v) is 17.1. The molecule has 1 heterocycles. The van der Waals surface area contributed by atoms with E-state index in [4.69, 9.17) is 9.47 Å². The number of hydrogen-bond acceptors (Lipinski definition) is 2. The van der Waals surface area contributed by atoms with E-state index in [9.17, 15) is 0 Å². The van der Waals surface area contributed by atoms with E-state index in [0.717, 1.165) is 10.4 Å². The van der Waals surface area contributed by atoms with Gasteiger partial charge < -0.3 is 0 Å². The molecule has 4 heteroatoms. The van der Waals surface area contributed by atoms with Crippen molar-refractivity contribution < 1.29 is 9.47 Å². The Morgan fingerprint density at radius 1 is 0.486 bits per heavy atom. The minimum atomic E-state index is -1.57. The SMILES string of the molecule is CC1(C)OC(C[As](c2ccccc2)c2ccccc2)C(C[As](c2ccccc2)c2ccccc2)O1. The van der Waals surface area contributed by atoms with Crippen LogP contribution in [0.15, 0.2) is 121 Å². The summed E-state index contributed by atoms with van der Waals surface area (Å²) in [5.41, 5.74) is 0. The van der Waals surface area contributed by atoms with Crippen LogP contribution in [0.25, 0.3) is 0 Å². The molecule has 5 rings (SSSR count). The maximum atomic E-state index is 6.65. The van der Waals surface area contributed by atoms with E-state index >= 15 is 0 Å². The van der Waals surface area contributed by atoms with E-state index in [1.165, 1.54) is 17.4 Å². The molecule has 35 heavy (non-hydrogen) atoms. The first-order valence-electron chi connectivity index (χ1n) is 12.2. The third kappa shape index (κ3) is 6.19. The van der Waals surface area contributed by atoms with E-state index in [2.05, 4.69) is 135 Å². The fourth-order valence-electron chi connectivity index (χ4n) is 4.73. The topological polar surface area (TPSA) is 18.5 Å². The van der Waals surface area contributed by atoms with E-state index in [1.807, 2.05) is 0 Å².